The average molecular weight is 326 g/mol. The van der Waals surface area contributed by atoms with Crippen LogP contribution >= 0.6 is 0 Å². The van der Waals surface area contributed by atoms with E-state index in [0.717, 1.165) is 8.55 Å². The molecule has 0 rings (SSSR count). The van der Waals surface area contributed by atoms with Crippen molar-refractivity contribution in [1.29, 1.82) is 0 Å². The molecule has 0 aliphatic rings. The van der Waals surface area contributed by atoms with E-state index in [0.29, 0.717) is 0 Å². The number of hydrogen-bond acceptors (Lipinski definition) is 0. The Morgan fingerprint density at radius 2 is 1.69 bits per heavy atom. The van der Waals surface area contributed by atoms with Crippen LogP contribution in [0.1, 0.15) is 0 Å². The van der Waals surface area contributed by atoms with Gasteiger partial charge in [-0.2, -0.15) is 0 Å². The number of rotatable bonds is 7. The van der Waals surface area contributed by atoms with Crippen LogP contribution in [-0.2, 0) is 0 Å². The van der Waals surface area contributed by atoms with Crippen LogP contribution in [0.25, 0.3) is 0 Å². The molecule has 13 heavy (non-hydrogen) atoms. The van der Waals surface area contributed by atoms with E-state index in [1.165, 1.54) is 44.2 Å². The van der Waals surface area contributed by atoms with Crippen LogP contribution in [0, 0.1) is 0 Å². The molecule has 0 atom stereocenters. The zero-order valence-electron chi connectivity index (χ0n) is 8.00. The summed E-state index contributed by atoms with van der Waals surface area (Å²) in [6, 6.07) is 0. The Bertz CT molecular complexity index is 121. The maximum atomic E-state index is 4.09. The summed E-state index contributed by atoms with van der Waals surface area (Å²) >= 11 is 0. The van der Waals surface area contributed by atoms with Gasteiger partial charge in [-0.25, -0.2) is 0 Å². The third-order valence-electron chi connectivity index (χ3n) is 1.69. The molecule has 0 bridgehead atoms. The SMILES string of the molecule is C[Si][Si]([Si])[Si]([Si]C)([Si]C)[Si][Si][Si][Si]. The second-order valence-electron chi connectivity index (χ2n) is 2.25. The van der Waals surface area contributed by atoms with Crippen molar-refractivity contribution < 1.29 is 0 Å². The van der Waals surface area contributed by atoms with Crippen molar-refractivity contribution in [2.24, 2.45) is 0 Å². The van der Waals surface area contributed by atoms with Gasteiger partial charge in [0.1, 0.15) is 0 Å². The summed E-state index contributed by atoms with van der Waals surface area (Å²) < 4.78 is 0. The third-order valence-corrected chi connectivity index (χ3v) is 82.7. The van der Waals surface area contributed by atoms with Crippen molar-refractivity contribution in [1.82, 2.24) is 0 Å². The first-order valence-electron chi connectivity index (χ1n) is 3.75. The fourth-order valence-corrected chi connectivity index (χ4v) is 94.5. The van der Waals surface area contributed by atoms with Gasteiger partial charge in [0, 0.05) is 85.8 Å². The van der Waals surface area contributed by atoms with Crippen LogP contribution in [0.4, 0.5) is 0 Å². The predicted octanol–water partition coefficient (Wildman–Crippen LogP) is -2.06. The highest BCUT2D eigenvalue weighted by Gasteiger charge is 2.34. The summed E-state index contributed by atoms with van der Waals surface area (Å²) in [7, 11) is 15.0. The van der Waals surface area contributed by atoms with Gasteiger partial charge in [0.15, 0.2) is 0 Å². The zero-order valence-corrected chi connectivity index (χ0v) is 18.0. The maximum Gasteiger partial charge on any atom is 0.0148 e. The topological polar surface area (TPSA) is 0 Å². The normalized spacial score (nSPS) is 12.5. The predicted molar refractivity (Wildman–Crippen MR) is 75.1 cm³/mol. The summed E-state index contributed by atoms with van der Waals surface area (Å²) in [4.78, 5) is 0. The molecular formula is C3H9Si10. The zero-order chi connectivity index (χ0) is 10.3. The van der Waals surface area contributed by atoms with Gasteiger partial charge in [0.2, 0.25) is 0 Å². The Hall–Kier alpha value is 2.17. The lowest BCUT2D eigenvalue weighted by Crippen LogP contribution is -2.69. The highest BCUT2D eigenvalue weighted by atomic mass is 30.3. The van der Waals surface area contributed by atoms with Gasteiger partial charge in [-0.05, 0) is 0 Å². The fraction of sp³-hybridized carbons (Fsp3) is 1.00. The van der Waals surface area contributed by atoms with E-state index in [1.54, 1.807) is 0 Å². The molecule has 0 unspecified atom stereocenters. The molecule has 0 spiro atoms. The van der Waals surface area contributed by atoms with Crippen LogP contribution < -0.4 is 0 Å². The van der Waals surface area contributed by atoms with Gasteiger partial charge in [-0.15, -0.1) is 0 Å². The van der Waals surface area contributed by atoms with Crippen molar-refractivity contribution in [3.05, 3.63) is 0 Å². The van der Waals surface area contributed by atoms with Crippen molar-refractivity contribution >= 4 is 85.8 Å². The van der Waals surface area contributed by atoms with E-state index in [2.05, 4.69) is 39.2 Å². The highest BCUT2D eigenvalue weighted by Crippen LogP contribution is 2.00. The average Bonchev–Trinajstić information content (AvgIpc) is 2.19. The minimum Gasteiger partial charge on any atom is -0.0761 e. The molecule has 0 fully saturated rings. The quantitative estimate of drug-likeness (QED) is 0.473. The lowest BCUT2D eigenvalue weighted by molar-refractivity contribution is 2.32. The van der Waals surface area contributed by atoms with E-state index in [1.807, 2.05) is 0 Å². The van der Waals surface area contributed by atoms with Gasteiger partial charge in [0.25, 0.3) is 0 Å². The molecule has 10 heteroatoms. The summed E-state index contributed by atoms with van der Waals surface area (Å²) in [6.45, 7) is 7.32. The van der Waals surface area contributed by atoms with E-state index >= 15 is 0 Å². The van der Waals surface area contributed by atoms with Crippen LogP contribution in [0.15, 0.2) is 0 Å². The molecular weight excluding hydrogens is 317 g/mol. The van der Waals surface area contributed by atoms with E-state index in [9.17, 15) is 0 Å². The minimum absolute atomic E-state index is 0.102. The first kappa shape index (κ1) is 15.2. The van der Waals surface area contributed by atoms with Crippen molar-refractivity contribution in [2.45, 2.75) is 19.6 Å². The van der Waals surface area contributed by atoms with Crippen LogP contribution in [0.5, 0.6) is 0 Å². The summed E-state index contributed by atoms with van der Waals surface area (Å²) in [5, 5.41) is 0. The molecule has 61 valence electrons. The van der Waals surface area contributed by atoms with Gasteiger partial charge in [0.05, 0.1) is 0 Å². The summed E-state index contributed by atoms with van der Waals surface area (Å²) in [6.07, 6.45) is -0.769. The van der Waals surface area contributed by atoms with Crippen LogP contribution in [0.3, 0.4) is 0 Å². The Balaban J connectivity index is 4.29. The fourth-order valence-electron chi connectivity index (χ4n) is 0.875. The standard InChI is InChI=1S/C3H9Si10/c1-6-12(5)13(7-2,8-3)11-10-9-4/h1-3H3. The Kier molecular flexibility index (Phi) is 9.73. The molecule has 0 nitrogen and oxygen atoms in total. The second-order valence-corrected chi connectivity index (χ2v) is 47.2. The monoisotopic (exact) mass is 325 g/mol. The van der Waals surface area contributed by atoms with Gasteiger partial charge in [-0.1, -0.05) is 19.6 Å². The minimum atomic E-state index is -0.769. The second kappa shape index (κ2) is 8.34. The Labute approximate surface area is 105 Å². The first-order valence-corrected chi connectivity index (χ1v) is 24.8. The lowest BCUT2D eigenvalue weighted by atomic mass is 11.9. The largest absolute Gasteiger partial charge is 0.0761 e. The van der Waals surface area contributed by atoms with Gasteiger partial charge >= 0.3 is 0 Å². The van der Waals surface area contributed by atoms with Gasteiger partial charge < -0.3 is 0 Å². The molecule has 0 aliphatic heterocycles. The highest BCUT2D eigenvalue weighted by molar-refractivity contribution is 8.04. The molecule has 0 saturated carbocycles. The van der Waals surface area contributed by atoms with Crippen LogP contribution in [0.2, 0.25) is 19.6 Å². The van der Waals surface area contributed by atoms with Crippen molar-refractivity contribution in [3.8, 4) is 0 Å². The molecule has 0 N–H and O–H groups in total. The molecule has 0 aromatic rings. The molecule has 0 aromatic carbocycles. The third kappa shape index (κ3) is 4.68. The van der Waals surface area contributed by atoms with Crippen molar-refractivity contribution in [3.63, 3.8) is 0 Å². The number of hydrogen-bond donors (Lipinski definition) is 0. The molecule has 0 aliphatic carbocycles. The summed E-state index contributed by atoms with van der Waals surface area (Å²) in [5.41, 5.74) is 0. The van der Waals surface area contributed by atoms with E-state index in [4.69, 9.17) is 0 Å². The van der Waals surface area contributed by atoms with E-state index in [-0.39, 0.29) is 7.35 Å². The smallest absolute Gasteiger partial charge is 0.0148 e. The van der Waals surface area contributed by atoms with E-state index < -0.39 is 6.14 Å². The Morgan fingerprint density at radius 1 is 1.15 bits per heavy atom. The van der Waals surface area contributed by atoms with Gasteiger partial charge in [-0.3, -0.25) is 0 Å². The maximum absolute atomic E-state index is 4.09. The Morgan fingerprint density at radius 3 is 2.00 bits per heavy atom. The van der Waals surface area contributed by atoms with Crippen LogP contribution in [-0.4, -0.2) is 85.8 Å². The van der Waals surface area contributed by atoms with Crippen molar-refractivity contribution in [2.75, 3.05) is 0 Å². The molecule has 0 saturated heterocycles. The molecule has 0 aromatic heterocycles. The molecule has 0 heterocycles. The molecule has 0 amide bonds. The first-order chi connectivity index (χ1) is 6.16. The molecule has 19 radical (unpaired) electrons. The lowest BCUT2D eigenvalue weighted by Gasteiger charge is -2.33. The summed E-state index contributed by atoms with van der Waals surface area (Å²) in [5.74, 6) is 0.